The quantitative estimate of drug-likeness (QED) is 0.883. The van der Waals surface area contributed by atoms with Gasteiger partial charge in [-0.05, 0) is 37.6 Å². The molecule has 0 spiro atoms. The van der Waals surface area contributed by atoms with Gasteiger partial charge in [-0.25, -0.2) is 4.79 Å². The minimum atomic E-state index is -0.404. The molecule has 1 unspecified atom stereocenters. The Morgan fingerprint density at radius 2 is 2.40 bits per heavy atom. The molecule has 2 heterocycles. The molecule has 106 valence electrons. The van der Waals surface area contributed by atoms with Gasteiger partial charge in [0.25, 0.3) is 0 Å². The zero-order valence-electron chi connectivity index (χ0n) is 11.3. The molecule has 0 radical (unpaired) electrons. The summed E-state index contributed by atoms with van der Waals surface area (Å²) in [4.78, 5) is 23.4. The summed E-state index contributed by atoms with van der Waals surface area (Å²) in [5.74, 6) is -0.420. The van der Waals surface area contributed by atoms with Crippen molar-refractivity contribution in [2.45, 2.75) is 25.3 Å². The zero-order chi connectivity index (χ0) is 14.1. The number of aryl methyl sites for hydroxylation is 1. The molecule has 1 aliphatic heterocycles. The Hall–Kier alpha value is -2.08. The number of anilines is 1. The Labute approximate surface area is 115 Å². The van der Waals surface area contributed by atoms with Crippen molar-refractivity contribution < 1.29 is 9.21 Å². The lowest BCUT2D eigenvalue weighted by Gasteiger charge is -2.10. The number of oxazole rings is 1. The van der Waals surface area contributed by atoms with Gasteiger partial charge in [-0.2, -0.15) is 0 Å². The molecule has 20 heavy (non-hydrogen) atoms. The minimum absolute atomic E-state index is 0.0164. The van der Waals surface area contributed by atoms with Crippen LogP contribution in [-0.2, 0) is 11.8 Å². The maximum absolute atomic E-state index is 12.0. The molecular weight excluding hydrogens is 258 g/mol. The predicted octanol–water partition coefficient (Wildman–Crippen LogP) is 1.21. The van der Waals surface area contributed by atoms with Crippen molar-refractivity contribution in [1.29, 1.82) is 0 Å². The molecule has 6 nitrogen and oxygen atoms in total. The van der Waals surface area contributed by atoms with E-state index < -0.39 is 5.76 Å². The number of hydrogen-bond donors (Lipinski definition) is 2. The molecule has 1 atom stereocenters. The molecule has 1 saturated heterocycles. The summed E-state index contributed by atoms with van der Waals surface area (Å²) in [5, 5.41) is 6.16. The van der Waals surface area contributed by atoms with Gasteiger partial charge in [0.15, 0.2) is 5.58 Å². The Morgan fingerprint density at radius 3 is 3.15 bits per heavy atom. The van der Waals surface area contributed by atoms with Crippen LogP contribution < -0.4 is 16.4 Å². The number of carbonyl (C=O) groups excluding carboxylic acids is 1. The summed E-state index contributed by atoms with van der Waals surface area (Å²) >= 11 is 0. The van der Waals surface area contributed by atoms with E-state index in [0.29, 0.717) is 23.2 Å². The molecule has 1 aliphatic rings. The Kier molecular flexibility index (Phi) is 3.31. The number of benzene rings is 1. The third-order valence-corrected chi connectivity index (χ3v) is 3.67. The van der Waals surface area contributed by atoms with Gasteiger partial charge < -0.3 is 15.1 Å². The van der Waals surface area contributed by atoms with E-state index in [-0.39, 0.29) is 11.9 Å². The first-order chi connectivity index (χ1) is 9.63. The van der Waals surface area contributed by atoms with E-state index in [1.807, 2.05) is 0 Å². The minimum Gasteiger partial charge on any atom is -0.408 e. The zero-order valence-corrected chi connectivity index (χ0v) is 11.3. The predicted molar refractivity (Wildman–Crippen MR) is 75.7 cm³/mol. The molecule has 1 amide bonds. The fourth-order valence-electron chi connectivity index (χ4n) is 2.57. The standard InChI is InChI=1S/C14H17N3O3/c1-17-11-7-10(4-5-12(11)20-14(17)19)16-13(18)8-9-3-2-6-15-9/h4-5,7,9,15H,2-3,6,8H2,1H3,(H,16,18). The molecule has 1 fully saturated rings. The molecule has 0 aliphatic carbocycles. The highest BCUT2D eigenvalue weighted by Gasteiger charge is 2.17. The van der Waals surface area contributed by atoms with Crippen molar-refractivity contribution >= 4 is 22.7 Å². The number of rotatable bonds is 3. The second-order valence-electron chi connectivity index (χ2n) is 5.16. The number of nitrogens with one attached hydrogen (secondary N) is 2. The lowest BCUT2D eigenvalue weighted by molar-refractivity contribution is -0.116. The fourth-order valence-corrected chi connectivity index (χ4v) is 2.57. The maximum Gasteiger partial charge on any atom is 0.419 e. The van der Waals surface area contributed by atoms with Crippen LogP contribution in [0.15, 0.2) is 27.4 Å². The molecule has 1 aromatic heterocycles. The highest BCUT2D eigenvalue weighted by atomic mass is 16.4. The van der Waals surface area contributed by atoms with Crippen molar-refractivity contribution in [2.24, 2.45) is 7.05 Å². The van der Waals surface area contributed by atoms with Crippen molar-refractivity contribution in [3.63, 3.8) is 0 Å². The van der Waals surface area contributed by atoms with Crippen molar-refractivity contribution in [3.05, 3.63) is 28.7 Å². The fraction of sp³-hybridized carbons (Fsp3) is 0.429. The number of hydrogen-bond acceptors (Lipinski definition) is 4. The van der Waals surface area contributed by atoms with E-state index in [1.54, 1.807) is 25.2 Å². The summed E-state index contributed by atoms with van der Waals surface area (Å²) in [6, 6.07) is 5.46. The van der Waals surface area contributed by atoms with Gasteiger partial charge in [0.2, 0.25) is 5.91 Å². The molecule has 0 saturated carbocycles. The average Bonchev–Trinajstić information content (AvgIpc) is 3.00. The summed E-state index contributed by atoms with van der Waals surface area (Å²) < 4.78 is 6.47. The van der Waals surface area contributed by atoms with Crippen LogP contribution in [0, 0.1) is 0 Å². The van der Waals surface area contributed by atoms with E-state index in [4.69, 9.17) is 4.42 Å². The Bertz CT molecular complexity index is 695. The van der Waals surface area contributed by atoms with E-state index in [1.165, 1.54) is 4.57 Å². The van der Waals surface area contributed by atoms with Gasteiger partial charge >= 0.3 is 5.76 Å². The van der Waals surface area contributed by atoms with Crippen LogP contribution in [0.5, 0.6) is 0 Å². The monoisotopic (exact) mass is 275 g/mol. The molecule has 6 heteroatoms. The summed E-state index contributed by atoms with van der Waals surface area (Å²) in [6.45, 7) is 0.987. The van der Waals surface area contributed by atoms with Crippen LogP contribution in [0.4, 0.5) is 5.69 Å². The topological polar surface area (TPSA) is 76.3 Å². The van der Waals surface area contributed by atoms with E-state index >= 15 is 0 Å². The van der Waals surface area contributed by atoms with Gasteiger partial charge in [0, 0.05) is 25.2 Å². The number of amides is 1. The molecule has 1 aromatic carbocycles. The van der Waals surface area contributed by atoms with Crippen LogP contribution >= 0.6 is 0 Å². The first-order valence-electron chi connectivity index (χ1n) is 6.76. The molecule has 0 bridgehead atoms. The molecule has 3 rings (SSSR count). The summed E-state index contributed by atoms with van der Waals surface area (Å²) in [5.41, 5.74) is 1.87. The van der Waals surface area contributed by atoms with Gasteiger partial charge in [-0.1, -0.05) is 0 Å². The second kappa shape index (κ2) is 5.13. The molecular formula is C14H17N3O3. The van der Waals surface area contributed by atoms with Crippen LogP contribution in [-0.4, -0.2) is 23.1 Å². The largest absolute Gasteiger partial charge is 0.419 e. The third kappa shape index (κ3) is 2.46. The number of fused-ring (bicyclic) bond motifs is 1. The van der Waals surface area contributed by atoms with E-state index in [0.717, 1.165) is 19.4 Å². The Morgan fingerprint density at radius 1 is 1.55 bits per heavy atom. The van der Waals surface area contributed by atoms with E-state index in [2.05, 4.69) is 10.6 Å². The lowest BCUT2D eigenvalue weighted by Crippen LogP contribution is -2.27. The first-order valence-corrected chi connectivity index (χ1v) is 6.76. The number of nitrogens with zero attached hydrogens (tertiary/aromatic N) is 1. The van der Waals surface area contributed by atoms with Crippen LogP contribution in [0.3, 0.4) is 0 Å². The van der Waals surface area contributed by atoms with Gasteiger partial charge in [-0.3, -0.25) is 9.36 Å². The smallest absolute Gasteiger partial charge is 0.408 e. The normalized spacial score (nSPS) is 18.6. The summed E-state index contributed by atoms with van der Waals surface area (Å²) in [6.07, 6.45) is 2.64. The van der Waals surface area contributed by atoms with Gasteiger partial charge in [-0.15, -0.1) is 0 Å². The van der Waals surface area contributed by atoms with Crippen LogP contribution in [0.1, 0.15) is 19.3 Å². The Balaban J connectivity index is 1.75. The van der Waals surface area contributed by atoms with Crippen molar-refractivity contribution in [2.75, 3.05) is 11.9 Å². The van der Waals surface area contributed by atoms with E-state index in [9.17, 15) is 9.59 Å². The maximum atomic E-state index is 12.0. The summed E-state index contributed by atoms with van der Waals surface area (Å²) in [7, 11) is 1.64. The molecule has 2 N–H and O–H groups in total. The highest BCUT2D eigenvalue weighted by Crippen LogP contribution is 2.18. The average molecular weight is 275 g/mol. The SMILES string of the molecule is Cn1c(=O)oc2ccc(NC(=O)CC3CCCN3)cc21. The van der Waals surface area contributed by atoms with Crippen molar-refractivity contribution in [1.82, 2.24) is 9.88 Å². The highest BCUT2D eigenvalue weighted by molar-refractivity contribution is 5.93. The van der Waals surface area contributed by atoms with Gasteiger partial charge in [0.05, 0.1) is 5.52 Å². The second-order valence-corrected chi connectivity index (χ2v) is 5.16. The third-order valence-electron chi connectivity index (χ3n) is 3.67. The number of aromatic nitrogens is 1. The van der Waals surface area contributed by atoms with Crippen LogP contribution in [0.25, 0.3) is 11.1 Å². The number of carbonyl (C=O) groups is 1. The van der Waals surface area contributed by atoms with Crippen molar-refractivity contribution in [3.8, 4) is 0 Å². The van der Waals surface area contributed by atoms with Gasteiger partial charge in [0.1, 0.15) is 0 Å². The first kappa shape index (κ1) is 12.9. The molecule has 2 aromatic rings. The van der Waals surface area contributed by atoms with Crippen LogP contribution in [0.2, 0.25) is 0 Å². The lowest BCUT2D eigenvalue weighted by atomic mass is 10.1.